The lowest BCUT2D eigenvalue weighted by molar-refractivity contribution is -0.0558. The van der Waals surface area contributed by atoms with Crippen LogP contribution in [0.2, 0.25) is 0 Å². The predicted octanol–water partition coefficient (Wildman–Crippen LogP) is -3.87. The third-order valence-corrected chi connectivity index (χ3v) is 7.84. The van der Waals surface area contributed by atoms with E-state index in [0.29, 0.717) is 0 Å². The zero-order valence-electron chi connectivity index (χ0n) is 18.6. The molecular formula is C18H22N4O12PS2-. The van der Waals surface area contributed by atoms with Crippen LogP contribution in [0.15, 0.2) is 43.7 Å². The van der Waals surface area contributed by atoms with E-state index < -0.39 is 90.5 Å². The van der Waals surface area contributed by atoms with Crippen molar-refractivity contribution in [3.05, 3.63) is 66.2 Å². The van der Waals surface area contributed by atoms with Crippen LogP contribution >= 0.6 is 5.69 Å². The highest BCUT2D eigenvalue weighted by molar-refractivity contribution is 8.51. The van der Waals surface area contributed by atoms with Crippen molar-refractivity contribution in [2.24, 2.45) is 0 Å². The summed E-state index contributed by atoms with van der Waals surface area (Å²) in [5.74, 6) is 0. The molecule has 6 N–H and O–H groups in total. The summed E-state index contributed by atoms with van der Waals surface area (Å²) >= 11 is 10.4. The Morgan fingerprint density at radius 3 is 1.95 bits per heavy atom. The van der Waals surface area contributed by atoms with Gasteiger partial charge in [-0.15, -0.1) is 0 Å². The number of nitrogens with one attached hydrogen (secondary N) is 2. The first-order chi connectivity index (χ1) is 17.4. The van der Waals surface area contributed by atoms with Gasteiger partial charge in [-0.05, 0) is 0 Å². The normalized spacial score (nSPS) is 33.4. The van der Waals surface area contributed by atoms with Crippen LogP contribution in [0, 0.1) is 0 Å². The zero-order valence-corrected chi connectivity index (χ0v) is 21.1. The van der Waals surface area contributed by atoms with E-state index in [9.17, 15) is 39.6 Å². The second kappa shape index (κ2) is 11.0. The first kappa shape index (κ1) is 28.1. The van der Waals surface area contributed by atoms with Crippen LogP contribution in [0.4, 0.5) is 0 Å². The van der Waals surface area contributed by atoms with E-state index in [1.54, 1.807) is 0 Å². The molecule has 0 radical (unpaired) electrons. The van der Waals surface area contributed by atoms with Crippen molar-refractivity contribution in [1.29, 1.82) is 0 Å². The number of aromatic nitrogens is 4. The topological polar surface area (TPSA) is 228 Å². The molecule has 16 nitrogen and oxygen atoms in total. The average Bonchev–Trinajstić information content (AvgIpc) is 3.28. The van der Waals surface area contributed by atoms with E-state index in [4.69, 9.17) is 42.6 Å². The van der Waals surface area contributed by atoms with Gasteiger partial charge in [-0.3, -0.25) is 28.7 Å². The Labute approximate surface area is 216 Å². The molecule has 9 unspecified atom stereocenters. The number of ether oxygens (including phenoxy) is 2. The molecule has 4 heterocycles. The largest absolute Gasteiger partial charge is 0.691 e. The van der Waals surface area contributed by atoms with Gasteiger partial charge >= 0.3 is 11.4 Å². The molecule has 0 aromatic carbocycles. The highest BCUT2D eigenvalue weighted by Crippen LogP contribution is 2.51. The molecule has 2 aromatic rings. The number of rotatable bonds is 8. The Morgan fingerprint density at radius 1 is 0.919 bits per heavy atom. The highest BCUT2D eigenvalue weighted by atomic mass is 32.9. The van der Waals surface area contributed by atoms with Gasteiger partial charge < -0.3 is 51.2 Å². The number of nitrogens with zero attached hydrogens (tertiary/aromatic N) is 2. The summed E-state index contributed by atoms with van der Waals surface area (Å²) < 4.78 is 23.9. The molecule has 19 heteroatoms. The lowest BCUT2D eigenvalue weighted by Crippen LogP contribution is -2.38. The lowest BCUT2D eigenvalue weighted by atomic mass is 10.1. The Balaban J connectivity index is 1.43. The van der Waals surface area contributed by atoms with Gasteiger partial charge in [-0.1, -0.05) is 11.8 Å². The zero-order chi connectivity index (χ0) is 27.1. The van der Waals surface area contributed by atoms with E-state index in [1.165, 1.54) is 0 Å². The Morgan fingerprint density at radius 2 is 1.43 bits per heavy atom. The Bertz CT molecular complexity index is 1410. The highest BCUT2D eigenvalue weighted by Gasteiger charge is 2.47. The molecule has 2 aliphatic rings. The van der Waals surface area contributed by atoms with Crippen LogP contribution in [0.1, 0.15) is 12.5 Å². The van der Waals surface area contributed by atoms with E-state index in [0.717, 1.165) is 33.7 Å². The number of aromatic amines is 2. The minimum atomic E-state index is -3.64. The van der Waals surface area contributed by atoms with Gasteiger partial charge in [-0.25, -0.2) is 9.59 Å². The third kappa shape index (κ3) is 5.89. The van der Waals surface area contributed by atoms with E-state index in [1.807, 2.05) is 9.97 Å². The number of aliphatic hydroxyl groups is 4. The molecule has 0 bridgehead atoms. The second-order valence-corrected chi connectivity index (χ2v) is 13.1. The summed E-state index contributed by atoms with van der Waals surface area (Å²) in [6.07, 6.45) is -8.87. The van der Waals surface area contributed by atoms with Crippen molar-refractivity contribution in [1.82, 2.24) is 19.1 Å². The summed E-state index contributed by atoms with van der Waals surface area (Å²) in [7, 11) is 0. The molecule has 37 heavy (non-hydrogen) atoms. The molecule has 2 aliphatic heterocycles. The number of hydrogen-bond acceptors (Lipinski definition) is 14. The van der Waals surface area contributed by atoms with Gasteiger partial charge in [0.05, 0.1) is 18.9 Å². The van der Waals surface area contributed by atoms with E-state index in [2.05, 4.69) is 0 Å². The molecule has 2 saturated heterocycles. The van der Waals surface area contributed by atoms with Crippen LogP contribution in [-0.4, -0.2) is 89.4 Å². The average molecular weight is 581 g/mol. The smallest absolute Gasteiger partial charge is 0.330 e. The maximum absolute atomic E-state index is 12.1. The fourth-order valence-corrected chi connectivity index (χ4v) is 5.83. The summed E-state index contributed by atoms with van der Waals surface area (Å²) in [5, 5.41) is 41.1. The van der Waals surface area contributed by atoms with Gasteiger partial charge in [0.15, 0.2) is 12.5 Å². The molecule has 0 spiro atoms. The fourth-order valence-electron chi connectivity index (χ4n) is 3.92. The van der Waals surface area contributed by atoms with Crippen molar-refractivity contribution in [3.8, 4) is 0 Å². The van der Waals surface area contributed by atoms with E-state index >= 15 is 0 Å². The van der Waals surface area contributed by atoms with Crippen molar-refractivity contribution < 1.29 is 38.9 Å². The molecule has 0 amide bonds. The third-order valence-electron chi connectivity index (χ3n) is 5.72. The molecule has 9 atom stereocenters. The second-order valence-electron chi connectivity index (χ2n) is 8.13. The van der Waals surface area contributed by atoms with Crippen LogP contribution in [0.5, 0.6) is 0 Å². The summed E-state index contributed by atoms with van der Waals surface area (Å²) in [6.45, 7) is -1.13. The van der Waals surface area contributed by atoms with Gasteiger partial charge in [0.25, 0.3) is 11.1 Å². The maximum atomic E-state index is 12.1. The van der Waals surface area contributed by atoms with Gasteiger partial charge in [-0.2, -0.15) is 0 Å². The van der Waals surface area contributed by atoms with Gasteiger partial charge in [0, 0.05) is 24.5 Å². The predicted molar refractivity (Wildman–Crippen MR) is 128 cm³/mol. The minimum Gasteiger partial charge on any atom is -0.691 e. The maximum Gasteiger partial charge on any atom is 0.330 e. The number of aliphatic hydroxyl groups excluding tert-OH is 4. The monoisotopic (exact) mass is 581 g/mol. The molecular weight excluding hydrogens is 559 g/mol. The SMILES string of the molecule is O=c1ccn(C2OC(COP(=S)([S-])OC3C(CO)OC(n4ccc(=O)[nH]c4=O)C3O)C(O)C2O)c(=O)[nH]1. The molecule has 204 valence electrons. The fraction of sp³-hybridized carbons (Fsp3) is 0.556. The first-order valence-electron chi connectivity index (χ1n) is 10.6. The van der Waals surface area contributed by atoms with Crippen LogP contribution in [-0.2, 0) is 42.6 Å². The molecule has 0 saturated carbocycles. The van der Waals surface area contributed by atoms with Crippen LogP contribution in [0.25, 0.3) is 0 Å². The number of hydrogen-bond donors (Lipinski definition) is 6. The summed E-state index contributed by atoms with van der Waals surface area (Å²) in [6, 6.07) is 2.07. The van der Waals surface area contributed by atoms with Crippen molar-refractivity contribution in [2.75, 3.05) is 13.2 Å². The van der Waals surface area contributed by atoms with Crippen molar-refractivity contribution in [2.45, 2.75) is 49.1 Å². The summed E-state index contributed by atoms with van der Waals surface area (Å²) in [4.78, 5) is 50.7. The Kier molecular flexibility index (Phi) is 8.37. The van der Waals surface area contributed by atoms with Crippen LogP contribution < -0.4 is 22.5 Å². The lowest BCUT2D eigenvalue weighted by Gasteiger charge is -2.34. The molecule has 2 fully saturated rings. The van der Waals surface area contributed by atoms with Gasteiger partial charge in [0.2, 0.25) is 0 Å². The van der Waals surface area contributed by atoms with Gasteiger partial charge in [0.1, 0.15) is 36.6 Å². The first-order valence-corrected chi connectivity index (χ1v) is 14.3. The summed E-state index contributed by atoms with van der Waals surface area (Å²) in [5.41, 5.74) is -6.71. The van der Waals surface area contributed by atoms with E-state index in [-0.39, 0.29) is 0 Å². The standard InChI is InChI=1S/C18H23N4O12PS2/c23-5-7-14(13(28)16(32-7)22-4-2-10(25)20-18(22)30)34-35(36,37)31-6-8-11(26)12(27)15(33-8)21-3-1-9(24)19-17(21)29/h1-4,7-8,11-16,23,26-28H,5-6H2,(H,36,37)(H,19,24,29)(H,20,25,30)/p-1. The molecule has 4 rings (SSSR count). The minimum absolute atomic E-state index is 0.482. The van der Waals surface area contributed by atoms with Crippen LogP contribution in [0.3, 0.4) is 0 Å². The Hall–Kier alpha value is -1.96. The number of H-pyrrole nitrogens is 2. The van der Waals surface area contributed by atoms with Crippen molar-refractivity contribution in [3.63, 3.8) is 0 Å². The molecule has 2 aromatic heterocycles. The molecule has 0 aliphatic carbocycles. The van der Waals surface area contributed by atoms with Crippen molar-refractivity contribution >= 4 is 29.7 Å². The quantitative estimate of drug-likeness (QED) is 0.130.